The molecule has 0 aromatic carbocycles. The van der Waals surface area contributed by atoms with Crippen molar-refractivity contribution >= 4 is 0 Å². The number of hydrogen-bond acceptors (Lipinski definition) is 0. The van der Waals surface area contributed by atoms with E-state index < -0.39 is 0 Å². The van der Waals surface area contributed by atoms with Gasteiger partial charge in [0.1, 0.15) is 0 Å². The van der Waals surface area contributed by atoms with Gasteiger partial charge in [0.25, 0.3) is 0 Å². The van der Waals surface area contributed by atoms with Crippen molar-refractivity contribution in [3.05, 3.63) is 48.1 Å². The van der Waals surface area contributed by atoms with Gasteiger partial charge in [-0.3, -0.25) is 0 Å². The highest BCUT2D eigenvalue weighted by Gasteiger charge is 2.16. The van der Waals surface area contributed by atoms with E-state index in [9.17, 15) is 0 Å². The zero-order valence-electron chi connectivity index (χ0n) is 24.6. The Balaban J connectivity index is -0.000000638. The van der Waals surface area contributed by atoms with E-state index in [0.29, 0.717) is 17.8 Å². The summed E-state index contributed by atoms with van der Waals surface area (Å²) in [6.07, 6.45) is 17.7. The van der Waals surface area contributed by atoms with Gasteiger partial charge >= 0.3 is 0 Å². The smallest absolute Gasteiger partial charge is 0.0236 e. The van der Waals surface area contributed by atoms with Crippen LogP contribution in [-0.2, 0) is 0 Å². The molecule has 5 atom stereocenters. The minimum Gasteiger partial charge on any atom is -0.103 e. The Morgan fingerprint density at radius 2 is 1.16 bits per heavy atom. The summed E-state index contributed by atoms with van der Waals surface area (Å²) in [6, 6.07) is 0. The third kappa shape index (κ3) is 23.6. The van der Waals surface area contributed by atoms with Crippen molar-refractivity contribution in [3.63, 3.8) is 0 Å². The van der Waals surface area contributed by atoms with Gasteiger partial charge < -0.3 is 0 Å². The lowest BCUT2D eigenvalue weighted by molar-refractivity contribution is 0.290. The van der Waals surface area contributed by atoms with Gasteiger partial charge in [0, 0.05) is 0 Å². The normalized spacial score (nSPS) is 16.1. The Morgan fingerprint density at radius 3 is 1.56 bits per heavy atom. The molecule has 0 aromatic rings. The Labute approximate surface area is 205 Å². The Hall–Kier alpha value is -1.04. The third-order valence-electron chi connectivity index (χ3n) is 6.48. The first-order valence-corrected chi connectivity index (χ1v) is 13.6. The molecule has 32 heavy (non-hydrogen) atoms. The van der Waals surface area contributed by atoms with Crippen LogP contribution in [0.5, 0.6) is 0 Å². The zero-order valence-corrected chi connectivity index (χ0v) is 24.6. The molecule has 0 saturated carbocycles. The molecule has 190 valence electrons. The van der Waals surface area contributed by atoms with Gasteiger partial charge in [-0.1, -0.05) is 117 Å². The molecule has 0 saturated heterocycles. The number of allylic oxidation sites excluding steroid dienone is 7. The monoisotopic (exact) mass is 446 g/mol. The lowest BCUT2D eigenvalue weighted by atomic mass is 9.82. The van der Waals surface area contributed by atoms with Gasteiger partial charge in [0.2, 0.25) is 0 Å². The first-order valence-electron chi connectivity index (χ1n) is 13.6. The molecular weight excluding hydrogens is 384 g/mol. The molecule has 0 heterocycles. The van der Waals surface area contributed by atoms with Crippen LogP contribution >= 0.6 is 0 Å². The average Bonchev–Trinajstić information content (AvgIpc) is 2.78. The summed E-state index contributed by atoms with van der Waals surface area (Å²) in [7, 11) is 0. The van der Waals surface area contributed by atoms with E-state index in [1.165, 1.54) is 36.8 Å². The Kier molecular flexibility index (Phi) is 25.7. The maximum absolute atomic E-state index is 3.89. The molecule has 0 aromatic heterocycles. The molecule has 0 amide bonds. The van der Waals surface area contributed by atoms with Gasteiger partial charge in [-0.25, -0.2) is 0 Å². The van der Waals surface area contributed by atoms with E-state index >= 15 is 0 Å². The summed E-state index contributed by atoms with van der Waals surface area (Å²) in [5, 5.41) is 0. The number of hydrogen-bond donors (Lipinski definition) is 0. The molecule has 5 unspecified atom stereocenters. The first kappa shape index (κ1) is 35.5. The summed E-state index contributed by atoms with van der Waals surface area (Å²) in [5.41, 5.74) is 2.80. The van der Waals surface area contributed by atoms with Crippen molar-refractivity contribution in [1.82, 2.24) is 0 Å². The van der Waals surface area contributed by atoms with Crippen molar-refractivity contribution in [2.75, 3.05) is 0 Å². The molecule has 0 radical (unpaired) electrons. The standard InChI is InChI=1S/C21H40.C9H16.C2H6/c1-9-17(4)11-13-19(6)21(8)15-14-20(7)18(5)12-10-16(2)3;1-5-9(4)7-6-8(2)3;1-2/h9-10,12,16-21H,1,11,13-15H2,2-8H3;6-7H,5H2,1-4H3;1-2H3/b12-10-;9-7+;. The van der Waals surface area contributed by atoms with Gasteiger partial charge in [-0.15, -0.1) is 6.58 Å². The highest BCUT2D eigenvalue weighted by Crippen LogP contribution is 2.27. The van der Waals surface area contributed by atoms with E-state index in [1.54, 1.807) is 0 Å². The molecule has 0 spiro atoms. The van der Waals surface area contributed by atoms with Crippen LogP contribution in [0.3, 0.4) is 0 Å². The van der Waals surface area contributed by atoms with Gasteiger partial charge in [-0.2, -0.15) is 0 Å². The largest absolute Gasteiger partial charge is 0.103 e. The van der Waals surface area contributed by atoms with Crippen molar-refractivity contribution in [2.45, 2.75) is 122 Å². The second-order valence-electron chi connectivity index (χ2n) is 10.4. The van der Waals surface area contributed by atoms with E-state index in [4.69, 9.17) is 0 Å². The van der Waals surface area contributed by atoms with Crippen LogP contribution < -0.4 is 0 Å². The van der Waals surface area contributed by atoms with Crippen molar-refractivity contribution in [3.8, 4) is 0 Å². The highest BCUT2D eigenvalue weighted by atomic mass is 14.2. The second-order valence-corrected chi connectivity index (χ2v) is 10.4. The van der Waals surface area contributed by atoms with Crippen LogP contribution in [0.2, 0.25) is 0 Å². The van der Waals surface area contributed by atoms with Crippen LogP contribution in [0, 0.1) is 35.5 Å². The van der Waals surface area contributed by atoms with Crippen molar-refractivity contribution in [2.24, 2.45) is 35.5 Å². The predicted octanol–water partition coefficient (Wildman–Crippen LogP) is 11.5. The van der Waals surface area contributed by atoms with Crippen LogP contribution in [0.1, 0.15) is 122 Å². The van der Waals surface area contributed by atoms with Crippen LogP contribution in [0.4, 0.5) is 0 Å². The summed E-state index contributed by atoms with van der Waals surface area (Å²) >= 11 is 0. The molecular formula is C32H62. The molecule has 0 bridgehead atoms. The molecule has 0 nitrogen and oxygen atoms in total. The topological polar surface area (TPSA) is 0 Å². The minimum atomic E-state index is 0.666. The molecule has 0 heteroatoms. The van der Waals surface area contributed by atoms with Crippen molar-refractivity contribution in [1.29, 1.82) is 0 Å². The third-order valence-corrected chi connectivity index (χ3v) is 6.48. The fraction of sp³-hybridized carbons (Fsp3) is 0.750. The first-order chi connectivity index (χ1) is 14.9. The summed E-state index contributed by atoms with van der Waals surface area (Å²) < 4.78 is 0. The van der Waals surface area contributed by atoms with E-state index in [1.807, 2.05) is 13.8 Å². The molecule has 0 fully saturated rings. The maximum Gasteiger partial charge on any atom is -0.0236 e. The second kappa shape index (κ2) is 23.1. The molecule has 0 aliphatic rings. The SMILES string of the molecule is C=CC(C)CCC(C)C(C)CCC(C)C(C)/C=C\C(C)C.CC.CC/C(C)=C/C=C(C)C. The Bertz CT molecular complexity index is 498. The molecule has 0 rings (SSSR count). The van der Waals surface area contributed by atoms with E-state index in [-0.39, 0.29) is 0 Å². The van der Waals surface area contributed by atoms with Crippen LogP contribution in [0.15, 0.2) is 48.1 Å². The van der Waals surface area contributed by atoms with Gasteiger partial charge in [0.05, 0.1) is 0 Å². The summed E-state index contributed by atoms with van der Waals surface area (Å²) in [4.78, 5) is 0. The van der Waals surface area contributed by atoms with Gasteiger partial charge in [0.15, 0.2) is 0 Å². The maximum atomic E-state index is 3.89. The van der Waals surface area contributed by atoms with Crippen LogP contribution in [0.25, 0.3) is 0 Å². The Morgan fingerprint density at radius 1 is 0.688 bits per heavy atom. The number of rotatable bonds is 13. The zero-order chi connectivity index (χ0) is 25.7. The molecule has 0 aliphatic heterocycles. The lowest BCUT2D eigenvalue weighted by Crippen LogP contribution is -2.13. The van der Waals surface area contributed by atoms with Crippen LogP contribution in [-0.4, -0.2) is 0 Å². The molecule has 0 N–H and O–H groups in total. The van der Waals surface area contributed by atoms with Crippen molar-refractivity contribution < 1.29 is 0 Å². The van der Waals surface area contributed by atoms with Gasteiger partial charge in [-0.05, 0) is 82.0 Å². The summed E-state index contributed by atoms with van der Waals surface area (Å²) in [6.45, 7) is 32.8. The fourth-order valence-electron chi connectivity index (χ4n) is 3.02. The van der Waals surface area contributed by atoms with E-state index in [2.05, 4.69) is 113 Å². The lowest BCUT2D eigenvalue weighted by Gasteiger charge is -2.24. The minimum absolute atomic E-state index is 0.666. The predicted molar refractivity (Wildman–Crippen MR) is 153 cm³/mol. The fourth-order valence-corrected chi connectivity index (χ4v) is 3.02. The van der Waals surface area contributed by atoms with E-state index in [0.717, 1.165) is 24.2 Å². The molecule has 0 aliphatic carbocycles. The average molecular weight is 447 g/mol. The quantitative estimate of drug-likeness (QED) is 0.195. The summed E-state index contributed by atoms with van der Waals surface area (Å²) in [5.74, 6) is 4.51. The highest BCUT2D eigenvalue weighted by molar-refractivity contribution is 5.13.